The second kappa shape index (κ2) is 9.15. The number of nitrogen functional groups attached to an aromatic ring is 1. The van der Waals surface area contributed by atoms with Crippen molar-refractivity contribution in [3.8, 4) is 5.75 Å². The van der Waals surface area contributed by atoms with Crippen LogP contribution in [0.5, 0.6) is 5.75 Å². The Labute approximate surface area is 214 Å². The molecule has 8 nitrogen and oxygen atoms in total. The van der Waals surface area contributed by atoms with Crippen LogP contribution in [0.2, 0.25) is 0 Å². The molecule has 1 aromatic heterocycles. The average molecular weight is 508 g/mol. The third-order valence-corrected chi connectivity index (χ3v) is 8.41. The molecule has 1 saturated heterocycles. The number of nitrogens with two attached hydrogens (primary N) is 3. The molecule has 0 radical (unpaired) electrons. The van der Waals surface area contributed by atoms with E-state index >= 15 is 0 Å². The van der Waals surface area contributed by atoms with Crippen LogP contribution in [0.3, 0.4) is 0 Å². The number of ether oxygens (including phenoxy) is 1. The third kappa shape index (κ3) is 3.87. The van der Waals surface area contributed by atoms with Crippen molar-refractivity contribution in [2.24, 2.45) is 11.5 Å². The second-order valence-electron chi connectivity index (χ2n) is 10.1. The number of hydrogen-bond donors (Lipinski definition) is 5. The van der Waals surface area contributed by atoms with Crippen molar-refractivity contribution >= 4 is 38.8 Å². The molecule has 2 aliphatic rings. The molecule has 5 rings (SSSR count). The summed E-state index contributed by atoms with van der Waals surface area (Å²) >= 11 is 1.27. The van der Waals surface area contributed by atoms with Gasteiger partial charge in [-0.1, -0.05) is 12.1 Å². The lowest BCUT2D eigenvalue weighted by molar-refractivity contribution is -0.124. The zero-order chi connectivity index (χ0) is 25.8. The first kappa shape index (κ1) is 24.7. The molecule has 1 amide bonds. The zero-order valence-electron chi connectivity index (χ0n) is 20.8. The summed E-state index contributed by atoms with van der Waals surface area (Å²) in [6.45, 7) is 7.45. The monoisotopic (exact) mass is 507 g/mol. The van der Waals surface area contributed by atoms with Crippen molar-refractivity contribution in [1.29, 1.82) is 0 Å². The van der Waals surface area contributed by atoms with Crippen molar-refractivity contribution in [1.82, 2.24) is 10.6 Å². The van der Waals surface area contributed by atoms with E-state index in [0.29, 0.717) is 44.9 Å². The minimum absolute atomic E-state index is 0.0240. The molecule has 8 N–H and O–H groups in total. The fraction of sp³-hybridized carbons (Fsp3) is 0.407. The van der Waals surface area contributed by atoms with Crippen molar-refractivity contribution in [3.63, 3.8) is 0 Å². The number of anilines is 1. The molecule has 1 aliphatic carbocycles. The highest BCUT2D eigenvalue weighted by atomic mass is 32.1. The summed E-state index contributed by atoms with van der Waals surface area (Å²) in [5, 5.41) is 7.12. The zero-order valence-corrected chi connectivity index (χ0v) is 21.6. The molecule has 0 bridgehead atoms. The molecular weight excluding hydrogens is 474 g/mol. The van der Waals surface area contributed by atoms with E-state index in [1.807, 2.05) is 39.0 Å². The number of ketones is 1. The largest absolute Gasteiger partial charge is 0.491 e. The minimum atomic E-state index is -1.51. The number of Topliss-reactive ketones (excluding diaryl/α,β-unsaturated/α-hetero) is 1. The topological polar surface area (TPSA) is 145 Å². The quantitative estimate of drug-likeness (QED) is 0.334. The second-order valence-corrected chi connectivity index (χ2v) is 11.1. The lowest BCUT2D eigenvalue weighted by Crippen LogP contribution is -2.53. The van der Waals surface area contributed by atoms with Gasteiger partial charge in [-0.15, -0.1) is 11.3 Å². The van der Waals surface area contributed by atoms with Crippen molar-refractivity contribution in [3.05, 3.63) is 57.5 Å². The van der Waals surface area contributed by atoms with E-state index in [0.717, 1.165) is 29.6 Å². The highest BCUT2D eigenvalue weighted by Gasteiger charge is 2.49. The van der Waals surface area contributed by atoms with Gasteiger partial charge in [-0.2, -0.15) is 0 Å². The Morgan fingerprint density at radius 1 is 1.25 bits per heavy atom. The summed E-state index contributed by atoms with van der Waals surface area (Å²) < 4.78 is 6.62. The van der Waals surface area contributed by atoms with Gasteiger partial charge in [-0.3, -0.25) is 9.59 Å². The molecule has 0 spiro atoms. The number of amides is 1. The summed E-state index contributed by atoms with van der Waals surface area (Å²) in [7, 11) is 0. The number of rotatable bonds is 5. The maximum absolute atomic E-state index is 14.0. The molecule has 0 saturated carbocycles. The van der Waals surface area contributed by atoms with E-state index in [9.17, 15) is 9.59 Å². The SMILES string of the molecule is Cc1ccc(OC(C)C)cc1C1(N)C(=O)C(N)c2c(C(=O)NC3CCCNC3)sc3c(N)ccc1c23. The number of benzene rings is 2. The first-order chi connectivity index (χ1) is 17.1. The number of piperidine rings is 1. The van der Waals surface area contributed by atoms with E-state index < -0.39 is 11.6 Å². The van der Waals surface area contributed by atoms with Crippen LogP contribution in [0, 0.1) is 6.92 Å². The summed E-state index contributed by atoms with van der Waals surface area (Å²) in [5.41, 5.74) is 21.6. The minimum Gasteiger partial charge on any atom is -0.491 e. The molecular formula is C27H33N5O3S. The van der Waals surface area contributed by atoms with Crippen LogP contribution in [-0.2, 0) is 10.3 Å². The standard InChI is InChI=1S/C27H33N5O3S/c1-13(2)35-16-7-6-14(3)18(11-16)27(30)17-8-9-19(28)23-20(17)21(22(29)25(27)33)24(36-23)26(34)32-15-5-4-10-31-12-15/h6-9,11,13,15,22,31H,4-5,10,12,28-30H2,1-3H3,(H,32,34). The van der Waals surface area contributed by atoms with Gasteiger partial charge in [0.05, 0.1) is 21.7 Å². The van der Waals surface area contributed by atoms with E-state index in [1.165, 1.54) is 11.3 Å². The van der Waals surface area contributed by atoms with Gasteiger partial charge in [0, 0.05) is 29.2 Å². The Balaban J connectivity index is 1.68. The van der Waals surface area contributed by atoms with Crippen molar-refractivity contribution in [2.45, 2.75) is 57.3 Å². The van der Waals surface area contributed by atoms with Crippen molar-refractivity contribution < 1.29 is 14.3 Å². The first-order valence-electron chi connectivity index (χ1n) is 12.4. The number of aryl methyl sites for hydroxylation is 1. The molecule has 1 fully saturated rings. The van der Waals surface area contributed by atoms with Gasteiger partial charge in [-0.25, -0.2) is 0 Å². The summed E-state index contributed by atoms with van der Waals surface area (Å²) in [4.78, 5) is 27.9. The Bertz CT molecular complexity index is 1360. The summed E-state index contributed by atoms with van der Waals surface area (Å²) in [6, 6.07) is 8.08. The Kier molecular flexibility index (Phi) is 6.28. The normalized spacial score (nSPS) is 23.8. The van der Waals surface area contributed by atoms with Gasteiger partial charge in [0.15, 0.2) is 5.78 Å². The fourth-order valence-corrected chi connectivity index (χ4v) is 6.63. The van der Waals surface area contributed by atoms with Crippen LogP contribution in [0.1, 0.15) is 64.7 Å². The van der Waals surface area contributed by atoms with Gasteiger partial charge in [0.2, 0.25) is 0 Å². The van der Waals surface area contributed by atoms with E-state index in [1.54, 1.807) is 12.1 Å². The maximum Gasteiger partial charge on any atom is 0.262 e. The molecule has 2 heterocycles. The highest BCUT2D eigenvalue weighted by Crippen LogP contribution is 2.50. The number of nitrogens with one attached hydrogen (secondary N) is 2. The molecule has 1 aliphatic heterocycles. The molecule has 3 atom stereocenters. The van der Waals surface area contributed by atoms with Crippen LogP contribution in [0.4, 0.5) is 5.69 Å². The van der Waals surface area contributed by atoms with Gasteiger partial charge < -0.3 is 32.6 Å². The Hall–Kier alpha value is -2.98. The van der Waals surface area contributed by atoms with Crippen LogP contribution in [0.15, 0.2) is 30.3 Å². The molecule has 3 aromatic rings. The highest BCUT2D eigenvalue weighted by molar-refractivity contribution is 7.21. The van der Waals surface area contributed by atoms with Gasteiger partial charge in [0.25, 0.3) is 5.91 Å². The van der Waals surface area contributed by atoms with E-state index in [2.05, 4.69) is 10.6 Å². The van der Waals surface area contributed by atoms with Gasteiger partial charge in [0.1, 0.15) is 11.3 Å². The first-order valence-corrected chi connectivity index (χ1v) is 13.2. The lowest BCUT2D eigenvalue weighted by atomic mass is 9.69. The molecule has 3 unspecified atom stereocenters. The number of carbonyl (C=O) groups excluding carboxylic acids is 2. The smallest absolute Gasteiger partial charge is 0.262 e. The fourth-order valence-electron chi connectivity index (χ4n) is 5.43. The number of carbonyl (C=O) groups is 2. The number of hydrogen-bond acceptors (Lipinski definition) is 8. The van der Waals surface area contributed by atoms with Gasteiger partial charge in [-0.05, 0) is 75.0 Å². The van der Waals surface area contributed by atoms with E-state index in [4.69, 9.17) is 21.9 Å². The lowest BCUT2D eigenvalue weighted by Gasteiger charge is -2.37. The van der Waals surface area contributed by atoms with Gasteiger partial charge >= 0.3 is 0 Å². The van der Waals surface area contributed by atoms with E-state index in [-0.39, 0.29) is 23.8 Å². The summed E-state index contributed by atoms with van der Waals surface area (Å²) in [6.07, 6.45) is 1.86. The van der Waals surface area contributed by atoms with Crippen LogP contribution in [0.25, 0.3) is 10.1 Å². The molecule has 9 heteroatoms. The number of thiophene rings is 1. The van der Waals surface area contributed by atoms with Crippen LogP contribution >= 0.6 is 11.3 Å². The molecule has 36 heavy (non-hydrogen) atoms. The predicted molar refractivity (Wildman–Crippen MR) is 143 cm³/mol. The molecule has 2 aromatic carbocycles. The average Bonchev–Trinajstić information content (AvgIpc) is 3.25. The Morgan fingerprint density at radius 2 is 2.03 bits per heavy atom. The maximum atomic E-state index is 14.0. The summed E-state index contributed by atoms with van der Waals surface area (Å²) in [5.74, 6) is 0.0277. The third-order valence-electron chi connectivity index (χ3n) is 7.16. The van der Waals surface area contributed by atoms with Crippen LogP contribution in [-0.4, -0.2) is 36.9 Å². The Morgan fingerprint density at radius 3 is 2.72 bits per heavy atom. The van der Waals surface area contributed by atoms with Crippen molar-refractivity contribution in [2.75, 3.05) is 18.8 Å². The predicted octanol–water partition coefficient (Wildman–Crippen LogP) is 2.85. The van der Waals surface area contributed by atoms with Crippen LogP contribution < -0.4 is 32.6 Å². The molecule has 190 valence electrons.